The van der Waals surface area contributed by atoms with Crippen molar-refractivity contribution >= 4 is 5.91 Å². The molecule has 2 aromatic heterocycles. The number of rotatable bonds is 6. The molecule has 4 rings (SSSR count). The van der Waals surface area contributed by atoms with Crippen molar-refractivity contribution in [1.29, 1.82) is 0 Å². The fourth-order valence-electron chi connectivity index (χ4n) is 4.78. The number of likely N-dealkylation sites (N-methyl/N-ethyl adjacent to an activating group) is 1. The first-order valence-electron chi connectivity index (χ1n) is 10.4. The molecule has 2 aromatic rings. The van der Waals surface area contributed by atoms with E-state index in [0.717, 1.165) is 38.0 Å². The lowest BCUT2D eigenvalue weighted by molar-refractivity contribution is -0.138. The zero-order chi connectivity index (χ0) is 20.5. The van der Waals surface area contributed by atoms with E-state index in [9.17, 15) is 4.79 Å². The van der Waals surface area contributed by atoms with Crippen molar-refractivity contribution in [2.45, 2.75) is 38.5 Å². The molecule has 0 aromatic carbocycles. The van der Waals surface area contributed by atoms with Gasteiger partial charge in [0, 0.05) is 53.2 Å². The molecule has 1 aliphatic heterocycles. The molecular weight excluding hydrogens is 368 g/mol. The molecule has 0 unspecified atom stereocenters. The van der Waals surface area contributed by atoms with Crippen LogP contribution in [0.3, 0.4) is 0 Å². The third-order valence-corrected chi connectivity index (χ3v) is 6.46. The molecule has 2 aliphatic rings. The molecule has 8 heteroatoms. The summed E-state index contributed by atoms with van der Waals surface area (Å²) in [6.45, 7) is 5.29. The Labute approximate surface area is 172 Å². The number of amides is 1. The number of hydrogen-bond acceptors (Lipinski definition) is 5. The van der Waals surface area contributed by atoms with Gasteiger partial charge in [-0.15, -0.1) is 0 Å². The van der Waals surface area contributed by atoms with Gasteiger partial charge in [0.1, 0.15) is 6.61 Å². The van der Waals surface area contributed by atoms with Gasteiger partial charge in [0.05, 0.1) is 24.0 Å². The van der Waals surface area contributed by atoms with E-state index in [1.54, 1.807) is 19.0 Å². The van der Waals surface area contributed by atoms with Crippen LogP contribution in [0, 0.1) is 18.8 Å². The average Bonchev–Trinajstić information content (AvgIpc) is 3.39. The van der Waals surface area contributed by atoms with Crippen LogP contribution in [0.1, 0.15) is 30.1 Å². The van der Waals surface area contributed by atoms with Crippen molar-refractivity contribution in [2.24, 2.45) is 18.9 Å². The highest BCUT2D eigenvalue weighted by Gasteiger charge is 2.43. The van der Waals surface area contributed by atoms with E-state index >= 15 is 0 Å². The quantitative estimate of drug-likeness (QED) is 0.735. The molecule has 3 heterocycles. The first kappa shape index (κ1) is 20.1. The van der Waals surface area contributed by atoms with Crippen molar-refractivity contribution in [3.05, 3.63) is 35.9 Å². The largest absolute Gasteiger partial charge is 0.366 e. The van der Waals surface area contributed by atoms with Crippen LogP contribution in [0.2, 0.25) is 0 Å². The smallest absolute Gasteiger partial charge is 0.248 e. The standard InChI is InChI=1S/C21H32N6O2/c1-15-9-23-27(10-15)19-7-16-11-26(13-18-5-6-22-25(18)4)12-17(16)8-20(19)29-14-21(28)24(2)3/h5-6,9-10,16-17,19-20H,7-8,11-14H2,1-4H3/t16-,17+,19-,20-/m0/s1. The van der Waals surface area contributed by atoms with Gasteiger partial charge in [0.25, 0.3) is 0 Å². The van der Waals surface area contributed by atoms with Gasteiger partial charge in [0.2, 0.25) is 5.91 Å². The van der Waals surface area contributed by atoms with Crippen molar-refractivity contribution in [3.8, 4) is 0 Å². The van der Waals surface area contributed by atoms with Crippen LogP contribution in [0.5, 0.6) is 0 Å². The van der Waals surface area contributed by atoms with Gasteiger partial charge in [-0.25, -0.2) is 0 Å². The Balaban J connectivity index is 1.46. The topological polar surface area (TPSA) is 68.4 Å². The third-order valence-electron chi connectivity index (χ3n) is 6.46. The summed E-state index contributed by atoms with van der Waals surface area (Å²) in [5, 5.41) is 8.87. The highest BCUT2D eigenvalue weighted by Crippen LogP contribution is 2.42. The van der Waals surface area contributed by atoms with Gasteiger partial charge in [0.15, 0.2) is 0 Å². The molecule has 1 aliphatic carbocycles. The minimum atomic E-state index is 0.00627. The van der Waals surface area contributed by atoms with Crippen molar-refractivity contribution in [2.75, 3.05) is 33.8 Å². The number of carbonyl (C=O) groups is 1. The first-order chi connectivity index (χ1) is 13.9. The second-order valence-electron chi connectivity index (χ2n) is 8.83. The van der Waals surface area contributed by atoms with E-state index in [1.165, 1.54) is 5.69 Å². The van der Waals surface area contributed by atoms with Crippen molar-refractivity contribution in [3.63, 3.8) is 0 Å². The summed E-state index contributed by atoms with van der Waals surface area (Å²) in [6.07, 6.45) is 7.87. The van der Waals surface area contributed by atoms with Gasteiger partial charge in [-0.3, -0.25) is 19.1 Å². The Morgan fingerprint density at radius 3 is 2.62 bits per heavy atom. The molecule has 158 valence electrons. The van der Waals surface area contributed by atoms with Crippen LogP contribution in [0.25, 0.3) is 0 Å². The maximum Gasteiger partial charge on any atom is 0.248 e. The Kier molecular flexibility index (Phi) is 5.74. The van der Waals surface area contributed by atoms with Crippen LogP contribution >= 0.6 is 0 Å². The van der Waals surface area contributed by atoms with Crippen LogP contribution in [-0.2, 0) is 23.1 Å². The summed E-state index contributed by atoms with van der Waals surface area (Å²) >= 11 is 0. The summed E-state index contributed by atoms with van der Waals surface area (Å²) in [5.41, 5.74) is 2.40. The van der Waals surface area contributed by atoms with E-state index in [4.69, 9.17) is 4.74 Å². The number of nitrogens with zero attached hydrogens (tertiary/aromatic N) is 6. The maximum atomic E-state index is 12.1. The van der Waals surface area contributed by atoms with E-state index < -0.39 is 0 Å². The second kappa shape index (κ2) is 8.28. The van der Waals surface area contributed by atoms with Crippen molar-refractivity contribution < 1.29 is 9.53 Å². The lowest BCUT2D eigenvalue weighted by atomic mass is 9.77. The highest BCUT2D eigenvalue weighted by atomic mass is 16.5. The molecule has 1 saturated carbocycles. The number of likely N-dealkylation sites (tertiary alicyclic amines) is 1. The molecule has 0 radical (unpaired) electrons. The van der Waals surface area contributed by atoms with Crippen LogP contribution < -0.4 is 0 Å². The number of aryl methyl sites for hydroxylation is 2. The zero-order valence-electron chi connectivity index (χ0n) is 17.9. The maximum absolute atomic E-state index is 12.1. The predicted octanol–water partition coefficient (Wildman–Crippen LogP) is 1.48. The molecule has 8 nitrogen and oxygen atoms in total. The molecule has 29 heavy (non-hydrogen) atoms. The highest BCUT2D eigenvalue weighted by molar-refractivity contribution is 5.76. The van der Waals surface area contributed by atoms with Gasteiger partial charge < -0.3 is 9.64 Å². The number of hydrogen-bond donors (Lipinski definition) is 0. The van der Waals surface area contributed by atoms with Gasteiger partial charge >= 0.3 is 0 Å². The normalized spacial score (nSPS) is 27.2. The molecule has 0 N–H and O–H groups in total. The molecule has 2 fully saturated rings. The Hall–Kier alpha value is -2.19. The number of aromatic nitrogens is 4. The molecule has 1 saturated heterocycles. The first-order valence-corrected chi connectivity index (χ1v) is 10.4. The Morgan fingerprint density at radius 2 is 2.00 bits per heavy atom. The summed E-state index contributed by atoms with van der Waals surface area (Å²) in [4.78, 5) is 16.2. The lowest BCUT2D eigenvalue weighted by Gasteiger charge is -2.38. The minimum Gasteiger partial charge on any atom is -0.366 e. The van der Waals surface area contributed by atoms with Gasteiger partial charge in [-0.05, 0) is 43.2 Å². The number of ether oxygens (including phenoxy) is 1. The van der Waals surface area contributed by atoms with Crippen LogP contribution in [0.4, 0.5) is 0 Å². The molecular formula is C21H32N6O2. The summed E-state index contributed by atoms with van der Waals surface area (Å²) < 4.78 is 10.2. The molecule has 4 atom stereocenters. The van der Waals surface area contributed by atoms with E-state index in [0.29, 0.717) is 11.8 Å². The van der Waals surface area contributed by atoms with E-state index in [-0.39, 0.29) is 24.7 Å². The monoisotopic (exact) mass is 400 g/mol. The minimum absolute atomic E-state index is 0.00627. The summed E-state index contributed by atoms with van der Waals surface area (Å²) in [7, 11) is 5.54. The fourth-order valence-corrected chi connectivity index (χ4v) is 4.78. The molecule has 0 bridgehead atoms. The average molecular weight is 401 g/mol. The summed E-state index contributed by atoms with van der Waals surface area (Å²) in [6, 6.07) is 2.27. The fraction of sp³-hybridized carbons (Fsp3) is 0.667. The van der Waals surface area contributed by atoms with E-state index in [2.05, 4.69) is 39.0 Å². The number of carbonyl (C=O) groups excluding carboxylic acids is 1. The predicted molar refractivity (Wildman–Crippen MR) is 109 cm³/mol. The second-order valence-corrected chi connectivity index (χ2v) is 8.83. The Bertz CT molecular complexity index is 844. The van der Waals surface area contributed by atoms with Crippen LogP contribution in [-0.4, -0.2) is 75.2 Å². The molecule has 1 amide bonds. The molecule has 0 spiro atoms. The zero-order valence-corrected chi connectivity index (χ0v) is 17.9. The van der Waals surface area contributed by atoms with Gasteiger partial charge in [-0.1, -0.05) is 0 Å². The summed E-state index contributed by atoms with van der Waals surface area (Å²) in [5.74, 6) is 1.23. The third kappa shape index (κ3) is 4.38. The number of fused-ring (bicyclic) bond motifs is 1. The Morgan fingerprint density at radius 1 is 1.24 bits per heavy atom. The van der Waals surface area contributed by atoms with Crippen molar-refractivity contribution in [1.82, 2.24) is 29.4 Å². The van der Waals surface area contributed by atoms with Crippen LogP contribution in [0.15, 0.2) is 24.7 Å². The van der Waals surface area contributed by atoms with E-state index in [1.807, 2.05) is 24.1 Å². The van der Waals surface area contributed by atoms with Gasteiger partial charge in [-0.2, -0.15) is 10.2 Å². The lowest BCUT2D eigenvalue weighted by Crippen LogP contribution is -2.40. The SMILES string of the molecule is Cc1cnn([C@H]2C[C@H]3CN(Cc4ccnn4C)C[C@H]3C[C@@H]2OCC(=O)N(C)C)c1.